The molecule has 1 N–H and O–H groups in total. The molecule has 0 bridgehead atoms. The fraction of sp³-hybridized carbons (Fsp3) is 0.783. The van der Waals surface area contributed by atoms with Crippen LogP contribution in [0.25, 0.3) is 0 Å². The Bertz CT molecular complexity index is 749. The lowest BCUT2D eigenvalue weighted by molar-refractivity contribution is -0.162. The topological polar surface area (TPSA) is 78.2 Å². The number of rotatable bonds is 3. The maximum absolute atomic E-state index is 12.8. The van der Waals surface area contributed by atoms with E-state index >= 15 is 0 Å². The first-order valence-corrected chi connectivity index (χ1v) is 10.6. The molecular formula is C23H31NO3. The number of ketones is 2. The smallest absolute Gasteiger partial charge is 0.165 e. The molecular weight excluding hydrogens is 338 g/mol. The van der Waals surface area contributed by atoms with Gasteiger partial charge in [0.15, 0.2) is 11.6 Å². The predicted molar refractivity (Wildman–Crippen MR) is 102 cm³/mol. The summed E-state index contributed by atoms with van der Waals surface area (Å²) in [5.41, 5.74) is -0.173. The fourth-order valence-electron chi connectivity index (χ4n) is 7.41. The summed E-state index contributed by atoms with van der Waals surface area (Å²) in [6.45, 7) is 4.48. The summed E-state index contributed by atoms with van der Waals surface area (Å²) >= 11 is 0. The molecule has 0 spiro atoms. The van der Waals surface area contributed by atoms with Gasteiger partial charge in [-0.15, -0.1) is 0 Å². The predicted octanol–water partition coefficient (Wildman–Crippen LogP) is 4.12. The molecule has 4 aliphatic carbocycles. The van der Waals surface area contributed by atoms with Gasteiger partial charge in [0.2, 0.25) is 0 Å². The summed E-state index contributed by atoms with van der Waals surface area (Å²) in [5, 5.41) is 20.3. The van der Waals surface area contributed by atoms with E-state index in [-0.39, 0.29) is 35.2 Å². The van der Waals surface area contributed by atoms with E-state index in [9.17, 15) is 14.7 Å². The zero-order valence-electron chi connectivity index (χ0n) is 16.6. The van der Waals surface area contributed by atoms with Gasteiger partial charge < -0.3 is 5.11 Å². The van der Waals surface area contributed by atoms with Crippen molar-refractivity contribution >= 4 is 11.6 Å². The summed E-state index contributed by atoms with van der Waals surface area (Å²) in [6.07, 6.45) is 9.26. The Morgan fingerprint density at radius 1 is 1.19 bits per heavy atom. The average Bonchev–Trinajstić information content (AvgIpc) is 2.92. The van der Waals surface area contributed by atoms with Crippen LogP contribution in [0.4, 0.5) is 0 Å². The lowest BCUT2D eigenvalue weighted by Crippen LogP contribution is -2.57. The summed E-state index contributed by atoms with van der Waals surface area (Å²) < 4.78 is 0. The summed E-state index contributed by atoms with van der Waals surface area (Å²) in [6, 6.07) is 2.04. The lowest BCUT2D eigenvalue weighted by atomic mass is 9.46. The van der Waals surface area contributed by atoms with E-state index in [0.717, 1.165) is 38.5 Å². The highest BCUT2D eigenvalue weighted by Gasteiger charge is 2.65. The van der Waals surface area contributed by atoms with Crippen molar-refractivity contribution < 1.29 is 14.7 Å². The van der Waals surface area contributed by atoms with Gasteiger partial charge in [-0.3, -0.25) is 9.59 Å². The molecule has 4 aliphatic rings. The van der Waals surface area contributed by atoms with E-state index in [1.807, 2.05) is 12.1 Å². The van der Waals surface area contributed by atoms with Gasteiger partial charge in [-0.05, 0) is 74.2 Å². The van der Waals surface area contributed by atoms with Gasteiger partial charge in [0.25, 0.3) is 0 Å². The molecule has 0 radical (unpaired) electrons. The number of carbonyl (C=O) groups is 2. The van der Waals surface area contributed by atoms with Crippen molar-refractivity contribution in [1.82, 2.24) is 0 Å². The number of aliphatic hydroxyl groups is 1. The van der Waals surface area contributed by atoms with Gasteiger partial charge in [-0.1, -0.05) is 19.4 Å². The minimum Gasteiger partial charge on any atom is -0.381 e. The van der Waals surface area contributed by atoms with Crippen molar-refractivity contribution in [1.29, 1.82) is 5.26 Å². The SMILES string of the molecule is C[C@]12CCC(=O)C=C1CC[C@@H]1[C@@H]2CC[C@@]2(C)[C@H]1CC[C@]2(O)C(=O)CCC#N. The first-order valence-electron chi connectivity index (χ1n) is 10.6. The van der Waals surface area contributed by atoms with E-state index in [0.29, 0.717) is 30.6 Å². The second kappa shape index (κ2) is 6.27. The molecule has 3 saturated carbocycles. The number of hydrogen-bond donors (Lipinski definition) is 1. The normalized spacial score (nSPS) is 45.9. The Kier molecular flexibility index (Phi) is 4.38. The molecule has 0 unspecified atom stereocenters. The van der Waals surface area contributed by atoms with E-state index < -0.39 is 5.60 Å². The third kappa shape index (κ3) is 2.50. The summed E-state index contributed by atoms with van der Waals surface area (Å²) in [5.74, 6) is 1.60. The molecule has 0 aromatic rings. The summed E-state index contributed by atoms with van der Waals surface area (Å²) in [7, 11) is 0. The largest absolute Gasteiger partial charge is 0.381 e. The van der Waals surface area contributed by atoms with Gasteiger partial charge in [0.1, 0.15) is 5.60 Å². The number of fused-ring (bicyclic) bond motifs is 5. The Morgan fingerprint density at radius 2 is 1.93 bits per heavy atom. The minimum atomic E-state index is -1.26. The second-order valence-corrected chi connectivity index (χ2v) is 9.91. The molecule has 27 heavy (non-hydrogen) atoms. The van der Waals surface area contributed by atoms with E-state index in [2.05, 4.69) is 13.8 Å². The number of nitrogens with zero attached hydrogens (tertiary/aromatic N) is 1. The van der Waals surface area contributed by atoms with Crippen LogP contribution in [0.2, 0.25) is 0 Å². The molecule has 0 aliphatic heterocycles. The molecule has 0 heterocycles. The van der Waals surface area contributed by atoms with Crippen LogP contribution in [0.15, 0.2) is 11.6 Å². The zero-order chi connectivity index (χ0) is 19.4. The standard InChI is InChI=1S/C23H31NO3/c1-21-10-7-16(25)14-15(21)5-6-17-18(21)8-11-22(2)19(17)9-12-23(22,27)20(26)4-3-13-24/h14,17-19,27H,3-12H2,1-2H3/t17-,18+,19+,21+,22+,23+/m1/s1. The Hall–Kier alpha value is -1.47. The van der Waals surface area contributed by atoms with Gasteiger partial charge in [0, 0.05) is 24.7 Å². The van der Waals surface area contributed by atoms with Gasteiger partial charge in [-0.2, -0.15) is 5.26 Å². The third-order valence-electron chi connectivity index (χ3n) is 9.04. The number of hydrogen-bond acceptors (Lipinski definition) is 4. The van der Waals surface area contributed by atoms with Crippen molar-refractivity contribution in [3.63, 3.8) is 0 Å². The van der Waals surface area contributed by atoms with E-state index in [4.69, 9.17) is 5.26 Å². The van der Waals surface area contributed by atoms with Crippen LogP contribution in [0.5, 0.6) is 0 Å². The highest BCUT2D eigenvalue weighted by Crippen LogP contribution is 2.67. The molecule has 0 aromatic carbocycles. The number of Topliss-reactive ketones (excluding diaryl/α,β-unsaturated/α-hetero) is 1. The molecule has 4 rings (SSSR count). The van der Waals surface area contributed by atoms with Crippen LogP contribution < -0.4 is 0 Å². The van der Waals surface area contributed by atoms with Crippen molar-refractivity contribution in [2.45, 2.75) is 83.7 Å². The van der Waals surface area contributed by atoms with Gasteiger partial charge >= 0.3 is 0 Å². The number of carbonyl (C=O) groups excluding carboxylic acids is 2. The molecule has 0 aromatic heterocycles. The van der Waals surface area contributed by atoms with Crippen LogP contribution in [-0.2, 0) is 9.59 Å². The van der Waals surface area contributed by atoms with Crippen LogP contribution in [0.3, 0.4) is 0 Å². The molecule has 0 amide bonds. The van der Waals surface area contributed by atoms with Gasteiger partial charge in [0.05, 0.1) is 6.07 Å². The fourth-order valence-corrected chi connectivity index (χ4v) is 7.41. The number of allylic oxidation sites excluding steroid dienone is 1. The first kappa shape index (κ1) is 18.9. The van der Waals surface area contributed by atoms with E-state index in [1.165, 1.54) is 5.57 Å². The third-order valence-corrected chi connectivity index (χ3v) is 9.04. The van der Waals surface area contributed by atoms with Gasteiger partial charge in [-0.25, -0.2) is 0 Å². The first-order chi connectivity index (χ1) is 12.8. The number of nitriles is 1. The maximum atomic E-state index is 12.8. The van der Waals surface area contributed by atoms with Crippen LogP contribution in [0.1, 0.15) is 78.1 Å². The monoisotopic (exact) mass is 369 g/mol. The molecule has 0 saturated heterocycles. The van der Waals surface area contributed by atoms with Crippen molar-refractivity contribution in [2.24, 2.45) is 28.6 Å². The van der Waals surface area contributed by atoms with Crippen LogP contribution in [0, 0.1) is 39.9 Å². The molecule has 3 fully saturated rings. The highest BCUT2D eigenvalue weighted by atomic mass is 16.3. The summed E-state index contributed by atoms with van der Waals surface area (Å²) in [4.78, 5) is 24.8. The highest BCUT2D eigenvalue weighted by molar-refractivity contribution is 5.91. The van der Waals surface area contributed by atoms with Crippen molar-refractivity contribution in [2.75, 3.05) is 0 Å². The lowest BCUT2D eigenvalue weighted by Gasteiger charge is -2.58. The van der Waals surface area contributed by atoms with E-state index in [1.54, 1.807) is 0 Å². The molecule has 6 atom stereocenters. The maximum Gasteiger partial charge on any atom is 0.165 e. The Labute approximate surface area is 162 Å². The van der Waals surface area contributed by atoms with Crippen molar-refractivity contribution in [3.8, 4) is 6.07 Å². The zero-order valence-corrected chi connectivity index (χ0v) is 16.6. The molecule has 146 valence electrons. The molecule has 4 nitrogen and oxygen atoms in total. The second-order valence-electron chi connectivity index (χ2n) is 9.91. The van der Waals surface area contributed by atoms with Crippen LogP contribution in [-0.4, -0.2) is 22.3 Å². The Morgan fingerprint density at radius 3 is 2.67 bits per heavy atom. The van der Waals surface area contributed by atoms with Crippen molar-refractivity contribution in [3.05, 3.63) is 11.6 Å². The Balaban J connectivity index is 1.63. The minimum absolute atomic E-state index is 0.115. The molecule has 4 heteroatoms. The quantitative estimate of drug-likeness (QED) is 0.811. The average molecular weight is 370 g/mol. The van der Waals surface area contributed by atoms with Crippen LogP contribution >= 0.6 is 0 Å².